The van der Waals surface area contributed by atoms with E-state index in [2.05, 4.69) is 15.1 Å². The summed E-state index contributed by atoms with van der Waals surface area (Å²) in [6.45, 7) is 3.42. The number of oxazole rings is 1. The van der Waals surface area contributed by atoms with Crippen molar-refractivity contribution in [3.63, 3.8) is 0 Å². The van der Waals surface area contributed by atoms with Gasteiger partial charge in [0, 0.05) is 12.1 Å². The molecule has 0 fully saturated rings. The molecule has 0 aliphatic heterocycles. The van der Waals surface area contributed by atoms with E-state index in [0.717, 1.165) is 47.2 Å². The first-order chi connectivity index (χ1) is 14.7. The van der Waals surface area contributed by atoms with Crippen LogP contribution in [0.25, 0.3) is 28.2 Å². The average Bonchev–Trinajstić information content (AvgIpc) is 3.29. The lowest BCUT2D eigenvalue weighted by atomic mass is 10.0. The van der Waals surface area contributed by atoms with E-state index in [1.165, 1.54) is 0 Å². The molecule has 6 nitrogen and oxygen atoms in total. The number of hydrogen-bond acceptors (Lipinski definition) is 4. The number of nitrogens with zero attached hydrogens (tertiary/aromatic N) is 3. The molecule has 0 bridgehead atoms. The molecule has 1 aromatic carbocycles. The molecule has 3 heterocycles. The van der Waals surface area contributed by atoms with Crippen molar-refractivity contribution in [3.8, 4) is 22.6 Å². The van der Waals surface area contributed by atoms with E-state index in [4.69, 9.17) is 4.42 Å². The first-order valence-corrected chi connectivity index (χ1v) is 10.0. The maximum atomic E-state index is 13.9. The second kappa shape index (κ2) is 6.83. The molecular formula is C22H19F3N4O2. The average molecular weight is 428 g/mol. The molecule has 0 atom stereocenters. The molecule has 160 valence electrons. The summed E-state index contributed by atoms with van der Waals surface area (Å²) in [4.78, 5) is 20.7. The highest BCUT2D eigenvalue weighted by atomic mass is 19.4. The van der Waals surface area contributed by atoms with Crippen LogP contribution in [0, 0.1) is 13.8 Å². The number of alkyl halides is 3. The fourth-order valence-corrected chi connectivity index (χ4v) is 4.17. The first-order valence-electron chi connectivity index (χ1n) is 10.0. The van der Waals surface area contributed by atoms with Crippen molar-refractivity contribution >= 4 is 5.65 Å². The Kier molecular flexibility index (Phi) is 4.32. The monoisotopic (exact) mass is 428 g/mol. The van der Waals surface area contributed by atoms with Crippen molar-refractivity contribution in [2.24, 2.45) is 0 Å². The topological polar surface area (TPSA) is 76.2 Å². The molecule has 0 radical (unpaired) electrons. The zero-order valence-electron chi connectivity index (χ0n) is 16.9. The maximum absolute atomic E-state index is 13.9. The van der Waals surface area contributed by atoms with Gasteiger partial charge in [0.05, 0.1) is 11.3 Å². The summed E-state index contributed by atoms with van der Waals surface area (Å²) in [5.41, 5.74) is 0.409. The van der Waals surface area contributed by atoms with E-state index in [1.54, 1.807) is 38.1 Å². The SMILES string of the molecule is Cc1cccc(-c2c(C(F)(F)F)nn3c(=O)c(-c4nc5c(o4)CCCC5)c(C)[nH]c23)c1. The standard InChI is InChI=1S/C22H19F3N4O2/c1-11-6-5-7-13(10-11)17-18(22(23,24)25)28-29-19(17)26-12(2)16(21(29)30)20-27-14-8-3-4-9-15(14)31-20/h5-7,10,26H,3-4,8-9H2,1-2H3. The molecule has 0 spiro atoms. The Hall–Kier alpha value is -3.36. The fourth-order valence-electron chi connectivity index (χ4n) is 4.17. The number of aryl methyl sites for hydroxylation is 4. The van der Waals surface area contributed by atoms with Gasteiger partial charge in [-0.05, 0) is 38.7 Å². The lowest BCUT2D eigenvalue weighted by Gasteiger charge is -2.08. The number of aromatic nitrogens is 4. The Balaban J connectivity index is 1.80. The molecule has 3 aromatic heterocycles. The second-order valence-corrected chi connectivity index (χ2v) is 7.88. The van der Waals surface area contributed by atoms with Crippen LogP contribution in [0.5, 0.6) is 0 Å². The van der Waals surface area contributed by atoms with Crippen molar-refractivity contribution in [1.82, 2.24) is 19.6 Å². The van der Waals surface area contributed by atoms with E-state index >= 15 is 0 Å². The van der Waals surface area contributed by atoms with Gasteiger partial charge < -0.3 is 9.40 Å². The van der Waals surface area contributed by atoms with Gasteiger partial charge in [-0.15, -0.1) is 0 Å². The molecule has 1 aliphatic carbocycles. The van der Waals surface area contributed by atoms with Gasteiger partial charge in [0.25, 0.3) is 5.56 Å². The molecule has 0 saturated heterocycles. The maximum Gasteiger partial charge on any atom is 0.435 e. The summed E-state index contributed by atoms with van der Waals surface area (Å²) >= 11 is 0. The minimum absolute atomic E-state index is 0.0134. The summed E-state index contributed by atoms with van der Waals surface area (Å²) in [6, 6.07) is 6.67. The first kappa shape index (κ1) is 19.6. The molecule has 1 N–H and O–H groups in total. The number of nitrogens with one attached hydrogen (secondary N) is 1. The van der Waals surface area contributed by atoms with Crippen LogP contribution in [0.1, 0.15) is 41.2 Å². The van der Waals surface area contributed by atoms with E-state index in [9.17, 15) is 18.0 Å². The largest absolute Gasteiger partial charge is 0.441 e. The van der Waals surface area contributed by atoms with Crippen LogP contribution < -0.4 is 5.56 Å². The van der Waals surface area contributed by atoms with Gasteiger partial charge >= 0.3 is 6.18 Å². The number of halogens is 3. The van der Waals surface area contributed by atoms with Gasteiger partial charge in [0.2, 0.25) is 5.89 Å². The summed E-state index contributed by atoms with van der Waals surface area (Å²) in [5.74, 6) is 0.853. The van der Waals surface area contributed by atoms with Crippen molar-refractivity contribution < 1.29 is 17.6 Å². The van der Waals surface area contributed by atoms with Gasteiger partial charge in [-0.1, -0.05) is 29.8 Å². The molecule has 4 aromatic rings. The fraction of sp³-hybridized carbons (Fsp3) is 0.318. The smallest absolute Gasteiger partial charge is 0.435 e. The molecule has 31 heavy (non-hydrogen) atoms. The van der Waals surface area contributed by atoms with Crippen LogP contribution >= 0.6 is 0 Å². The molecule has 0 saturated carbocycles. The number of hydrogen-bond donors (Lipinski definition) is 1. The van der Waals surface area contributed by atoms with Gasteiger partial charge in [-0.25, -0.2) is 4.98 Å². The zero-order valence-corrected chi connectivity index (χ0v) is 16.9. The van der Waals surface area contributed by atoms with Crippen molar-refractivity contribution in [3.05, 3.63) is 63.0 Å². The zero-order chi connectivity index (χ0) is 21.9. The Morgan fingerprint density at radius 3 is 2.61 bits per heavy atom. The Morgan fingerprint density at radius 1 is 1.13 bits per heavy atom. The van der Waals surface area contributed by atoms with Crippen molar-refractivity contribution in [2.45, 2.75) is 45.7 Å². The van der Waals surface area contributed by atoms with Crippen LogP contribution in [-0.4, -0.2) is 19.6 Å². The lowest BCUT2D eigenvalue weighted by molar-refractivity contribution is -0.140. The number of fused-ring (bicyclic) bond motifs is 2. The van der Waals surface area contributed by atoms with Crippen LogP contribution in [-0.2, 0) is 19.0 Å². The molecule has 1 aliphatic rings. The highest BCUT2D eigenvalue weighted by Crippen LogP contribution is 2.39. The van der Waals surface area contributed by atoms with E-state index < -0.39 is 17.4 Å². The number of benzene rings is 1. The summed E-state index contributed by atoms with van der Waals surface area (Å²) in [7, 11) is 0. The number of rotatable bonds is 2. The van der Waals surface area contributed by atoms with E-state index in [-0.39, 0.29) is 22.7 Å². The second-order valence-electron chi connectivity index (χ2n) is 7.88. The van der Waals surface area contributed by atoms with Gasteiger partial charge in [-0.2, -0.15) is 22.8 Å². The molecular weight excluding hydrogens is 409 g/mol. The third kappa shape index (κ3) is 3.15. The quantitative estimate of drug-likeness (QED) is 0.495. The number of H-pyrrole nitrogens is 1. The van der Waals surface area contributed by atoms with Crippen LogP contribution in [0.4, 0.5) is 13.2 Å². The molecule has 5 rings (SSSR count). The third-order valence-corrected chi connectivity index (χ3v) is 5.61. The summed E-state index contributed by atoms with van der Waals surface area (Å²) in [5, 5.41) is 3.68. The molecule has 0 unspecified atom stereocenters. The third-order valence-electron chi connectivity index (χ3n) is 5.61. The van der Waals surface area contributed by atoms with E-state index in [0.29, 0.717) is 11.3 Å². The van der Waals surface area contributed by atoms with Gasteiger partial charge in [0.1, 0.15) is 17.0 Å². The highest BCUT2D eigenvalue weighted by Gasteiger charge is 2.39. The normalized spacial score (nSPS) is 14.2. The van der Waals surface area contributed by atoms with Crippen molar-refractivity contribution in [1.29, 1.82) is 0 Å². The molecule has 9 heteroatoms. The summed E-state index contributed by atoms with van der Waals surface area (Å²) < 4.78 is 48.2. The Labute approximate surface area is 174 Å². The highest BCUT2D eigenvalue weighted by molar-refractivity contribution is 5.81. The van der Waals surface area contributed by atoms with Crippen LogP contribution in [0.2, 0.25) is 0 Å². The molecule has 0 amide bonds. The Morgan fingerprint density at radius 2 is 1.90 bits per heavy atom. The summed E-state index contributed by atoms with van der Waals surface area (Å²) in [6.07, 6.45) is -1.28. The number of aromatic amines is 1. The van der Waals surface area contributed by atoms with Crippen LogP contribution in [0.15, 0.2) is 33.5 Å². The lowest BCUT2D eigenvalue weighted by Crippen LogP contribution is -2.20. The van der Waals surface area contributed by atoms with Crippen LogP contribution in [0.3, 0.4) is 0 Å². The van der Waals surface area contributed by atoms with Crippen molar-refractivity contribution in [2.75, 3.05) is 0 Å². The van der Waals surface area contributed by atoms with Gasteiger partial charge in [0.15, 0.2) is 5.69 Å². The minimum atomic E-state index is -4.73. The van der Waals surface area contributed by atoms with E-state index in [1.807, 2.05) is 0 Å². The van der Waals surface area contributed by atoms with Gasteiger partial charge in [-0.3, -0.25) is 4.79 Å². The predicted octanol–water partition coefficient (Wildman–Crippen LogP) is 4.86. The Bertz CT molecular complexity index is 1350. The minimum Gasteiger partial charge on any atom is -0.441 e. The predicted molar refractivity (Wildman–Crippen MR) is 108 cm³/mol.